The first kappa shape index (κ1) is 16.4. The second kappa shape index (κ2) is 6.43. The average molecular weight is 360 g/mol. The average Bonchev–Trinajstić information content (AvgIpc) is 3.28. The lowest BCUT2D eigenvalue weighted by Gasteiger charge is -2.23. The summed E-state index contributed by atoms with van der Waals surface area (Å²) in [5.74, 6) is 1.10. The lowest BCUT2D eigenvalue weighted by molar-refractivity contribution is 0.460. The topological polar surface area (TPSA) is 79.9 Å². The van der Waals surface area contributed by atoms with Crippen molar-refractivity contribution < 1.29 is 4.52 Å². The van der Waals surface area contributed by atoms with Gasteiger partial charge in [0.1, 0.15) is 0 Å². The number of aromatic nitrogens is 2. The summed E-state index contributed by atoms with van der Waals surface area (Å²) in [4.78, 5) is 3.63. The van der Waals surface area contributed by atoms with Crippen LogP contribution in [-0.4, -0.2) is 23.2 Å². The van der Waals surface area contributed by atoms with Crippen molar-refractivity contribution in [2.24, 2.45) is 0 Å². The van der Waals surface area contributed by atoms with Crippen LogP contribution < -0.4 is 11.1 Å². The van der Waals surface area contributed by atoms with E-state index in [9.17, 15) is 0 Å². The lowest BCUT2D eigenvalue weighted by Crippen LogP contribution is -2.26. The van der Waals surface area contributed by atoms with E-state index in [-0.39, 0.29) is 0 Å². The third-order valence-corrected chi connectivity index (χ3v) is 5.88. The van der Waals surface area contributed by atoms with Crippen LogP contribution in [0.2, 0.25) is 0 Å². The molecule has 27 heavy (non-hydrogen) atoms. The molecule has 5 heteroatoms. The number of H-pyrrole nitrogens is 1. The molecular formula is C22H24N4O. The molecule has 4 aromatic rings. The lowest BCUT2D eigenvalue weighted by atomic mass is 9.89. The fourth-order valence-electron chi connectivity index (χ4n) is 4.40. The standard InChI is InChI=1S/C22H24N4O/c1-2-16-17-11-14(13-7-9-24-10-8-13)3-5-19(17)25-21(16)15-4-6-20-18(12-15)22(23)26-27-20/h3-6,11-13,24-25H,2,7-10H2,1H3,(H2,23,26). The smallest absolute Gasteiger partial charge is 0.174 e. The summed E-state index contributed by atoms with van der Waals surface area (Å²) in [5, 5.41) is 9.52. The van der Waals surface area contributed by atoms with Gasteiger partial charge in [-0.15, -0.1) is 0 Å². The van der Waals surface area contributed by atoms with Gasteiger partial charge in [-0.2, -0.15) is 0 Å². The molecule has 2 aromatic carbocycles. The number of nitrogens with two attached hydrogens (primary N) is 1. The summed E-state index contributed by atoms with van der Waals surface area (Å²) in [6.45, 7) is 4.44. The fraction of sp³-hybridized carbons (Fsp3) is 0.318. The van der Waals surface area contributed by atoms with Crippen molar-refractivity contribution in [2.45, 2.75) is 32.1 Å². The summed E-state index contributed by atoms with van der Waals surface area (Å²) in [6, 6.07) is 13.0. The first-order chi connectivity index (χ1) is 13.2. The predicted molar refractivity (Wildman–Crippen MR) is 110 cm³/mol. The van der Waals surface area contributed by atoms with Crippen LogP contribution in [0, 0.1) is 0 Å². The molecule has 0 unspecified atom stereocenters. The zero-order valence-electron chi connectivity index (χ0n) is 15.5. The highest BCUT2D eigenvalue weighted by Crippen LogP contribution is 2.36. The summed E-state index contributed by atoms with van der Waals surface area (Å²) in [6.07, 6.45) is 3.41. The number of rotatable bonds is 3. The van der Waals surface area contributed by atoms with Crippen LogP contribution in [-0.2, 0) is 6.42 Å². The maximum absolute atomic E-state index is 5.95. The molecule has 2 aromatic heterocycles. The van der Waals surface area contributed by atoms with E-state index in [0.29, 0.717) is 11.7 Å². The van der Waals surface area contributed by atoms with Gasteiger partial charge in [-0.05, 0) is 85.3 Å². The zero-order valence-corrected chi connectivity index (χ0v) is 15.5. The molecule has 0 bridgehead atoms. The van der Waals surface area contributed by atoms with Crippen molar-refractivity contribution in [1.82, 2.24) is 15.5 Å². The van der Waals surface area contributed by atoms with E-state index in [4.69, 9.17) is 10.3 Å². The number of hydrogen-bond acceptors (Lipinski definition) is 4. The van der Waals surface area contributed by atoms with E-state index < -0.39 is 0 Å². The van der Waals surface area contributed by atoms with Crippen molar-refractivity contribution in [1.29, 1.82) is 0 Å². The predicted octanol–water partition coefficient (Wildman–Crippen LogP) is 4.59. The summed E-state index contributed by atoms with van der Waals surface area (Å²) < 4.78 is 5.25. The fourth-order valence-corrected chi connectivity index (χ4v) is 4.40. The molecule has 1 saturated heterocycles. The Balaban J connectivity index is 1.64. The Morgan fingerprint density at radius 3 is 2.78 bits per heavy atom. The molecule has 0 spiro atoms. The number of nitrogens with one attached hydrogen (secondary N) is 2. The third kappa shape index (κ3) is 2.70. The number of hydrogen-bond donors (Lipinski definition) is 3. The highest BCUT2D eigenvalue weighted by molar-refractivity contribution is 5.95. The van der Waals surface area contributed by atoms with Crippen LogP contribution in [0.5, 0.6) is 0 Å². The quantitative estimate of drug-likeness (QED) is 0.499. The van der Waals surface area contributed by atoms with E-state index in [2.05, 4.69) is 52.7 Å². The molecular weight excluding hydrogens is 336 g/mol. The van der Waals surface area contributed by atoms with Gasteiger partial charge in [0.2, 0.25) is 0 Å². The van der Waals surface area contributed by atoms with Gasteiger partial charge >= 0.3 is 0 Å². The minimum atomic E-state index is 0.439. The number of aromatic amines is 1. The molecule has 5 rings (SSSR count). The Labute approximate surface area is 157 Å². The highest BCUT2D eigenvalue weighted by Gasteiger charge is 2.18. The largest absolute Gasteiger partial charge is 0.380 e. The van der Waals surface area contributed by atoms with E-state index >= 15 is 0 Å². The number of fused-ring (bicyclic) bond motifs is 2. The minimum absolute atomic E-state index is 0.439. The molecule has 3 heterocycles. The molecule has 0 saturated carbocycles. The maximum Gasteiger partial charge on any atom is 0.174 e. The molecule has 4 N–H and O–H groups in total. The number of piperidine rings is 1. The molecule has 0 aliphatic carbocycles. The van der Waals surface area contributed by atoms with Crippen LogP contribution in [0.15, 0.2) is 40.9 Å². The van der Waals surface area contributed by atoms with Gasteiger partial charge in [0.05, 0.1) is 5.39 Å². The Morgan fingerprint density at radius 1 is 1.11 bits per heavy atom. The molecule has 5 nitrogen and oxygen atoms in total. The minimum Gasteiger partial charge on any atom is -0.380 e. The SMILES string of the molecule is CCc1c(-c2ccc3onc(N)c3c2)[nH]c2ccc(C3CCNCC3)cc12. The molecule has 1 aliphatic rings. The monoisotopic (exact) mass is 360 g/mol. The Kier molecular flexibility index (Phi) is 3.90. The molecule has 1 fully saturated rings. The number of nitrogen functional groups attached to an aromatic ring is 1. The van der Waals surface area contributed by atoms with Crippen molar-refractivity contribution in [3.05, 3.63) is 47.5 Å². The molecule has 0 atom stereocenters. The summed E-state index contributed by atoms with van der Waals surface area (Å²) >= 11 is 0. The van der Waals surface area contributed by atoms with Crippen molar-refractivity contribution in [2.75, 3.05) is 18.8 Å². The maximum atomic E-state index is 5.95. The van der Waals surface area contributed by atoms with Crippen LogP contribution in [0.25, 0.3) is 33.1 Å². The van der Waals surface area contributed by atoms with Gasteiger partial charge in [0, 0.05) is 16.6 Å². The molecule has 1 aliphatic heterocycles. The van der Waals surface area contributed by atoms with Gasteiger partial charge in [-0.3, -0.25) is 0 Å². The van der Waals surface area contributed by atoms with Gasteiger partial charge in [0.15, 0.2) is 11.4 Å². The van der Waals surface area contributed by atoms with Crippen LogP contribution >= 0.6 is 0 Å². The summed E-state index contributed by atoms with van der Waals surface area (Å²) in [7, 11) is 0. The summed E-state index contributed by atoms with van der Waals surface area (Å²) in [5.41, 5.74) is 13.0. The number of anilines is 1. The number of benzene rings is 2. The Morgan fingerprint density at radius 2 is 1.96 bits per heavy atom. The van der Waals surface area contributed by atoms with E-state index in [0.717, 1.165) is 41.7 Å². The third-order valence-electron chi connectivity index (χ3n) is 5.88. The molecule has 0 radical (unpaired) electrons. The van der Waals surface area contributed by atoms with Crippen LogP contribution in [0.3, 0.4) is 0 Å². The van der Waals surface area contributed by atoms with Gasteiger partial charge in [-0.1, -0.05) is 18.1 Å². The van der Waals surface area contributed by atoms with E-state index in [1.165, 1.54) is 34.9 Å². The van der Waals surface area contributed by atoms with E-state index in [1.807, 2.05) is 6.07 Å². The van der Waals surface area contributed by atoms with Crippen molar-refractivity contribution in [3.8, 4) is 11.3 Å². The zero-order chi connectivity index (χ0) is 18.4. The second-order valence-corrected chi connectivity index (χ2v) is 7.44. The first-order valence-electron chi connectivity index (χ1n) is 9.75. The van der Waals surface area contributed by atoms with E-state index in [1.54, 1.807) is 0 Å². The highest BCUT2D eigenvalue weighted by atomic mass is 16.5. The second-order valence-electron chi connectivity index (χ2n) is 7.44. The molecule has 0 amide bonds. The van der Waals surface area contributed by atoms with Crippen molar-refractivity contribution >= 4 is 27.7 Å². The normalized spacial score (nSPS) is 15.7. The van der Waals surface area contributed by atoms with Crippen molar-refractivity contribution in [3.63, 3.8) is 0 Å². The van der Waals surface area contributed by atoms with Gasteiger partial charge < -0.3 is 20.6 Å². The van der Waals surface area contributed by atoms with Crippen LogP contribution in [0.4, 0.5) is 5.82 Å². The van der Waals surface area contributed by atoms with Crippen LogP contribution in [0.1, 0.15) is 36.8 Å². The molecule has 138 valence electrons. The Bertz CT molecular complexity index is 1120. The number of aryl methyl sites for hydroxylation is 1. The first-order valence-corrected chi connectivity index (χ1v) is 9.75. The number of nitrogens with zero attached hydrogens (tertiary/aromatic N) is 1. The van der Waals surface area contributed by atoms with Gasteiger partial charge in [0.25, 0.3) is 0 Å². The Hall–Kier alpha value is -2.79. The van der Waals surface area contributed by atoms with Gasteiger partial charge in [-0.25, -0.2) is 0 Å².